The quantitative estimate of drug-likeness (QED) is 0.427. The number of rotatable bonds is 7. The Bertz CT molecular complexity index is 1300. The predicted octanol–water partition coefficient (Wildman–Crippen LogP) is 4.28. The summed E-state index contributed by atoms with van der Waals surface area (Å²) in [6.07, 6.45) is 1.15. The Morgan fingerprint density at radius 2 is 1.89 bits per heavy atom. The van der Waals surface area contributed by atoms with E-state index in [1.807, 2.05) is 19.1 Å². The molecule has 8 nitrogen and oxygen atoms in total. The number of fused-ring (bicyclic) bond motifs is 1. The average molecular weight is 527 g/mol. The highest BCUT2D eigenvalue weighted by molar-refractivity contribution is 7.22. The molecule has 5 rings (SSSR count). The molecule has 2 aliphatic heterocycles. The summed E-state index contributed by atoms with van der Waals surface area (Å²) >= 11 is 7.70. The molecule has 2 saturated heterocycles. The smallest absolute Gasteiger partial charge is 0.260 e. The maximum atomic E-state index is 13.8. The van der Waals surface area contributed by atoms with Gasteiger partial charge in [0.2, 0.25) is 11.8 Å². The Balaban J connectivity index is 1.44. The van der Waals surface area contributed by atoms with E-state index >= 15 is 0 Å². The molecule has 0 unspecified atom stereocenters. The molecule has 0 N–H and O–H groups in total. The van der Waals surface area contributed by atoms with E-state index in [0.29, 0.717) is 27.9 Å². The molecule has 3 heterocycles. The van der Waals surface area contributed by atoms with Gasteiger partial charge in [0, 0.05) is 49.6 Å². The van der Waals surface area contributed by atoms with E-state index in [-0.39, 0.29) is 30.6 Å². The van der Waals surface area contributed by atoms with Crippen LogP contribution >= 0.6 is 22.9 Å². The maximum absolute atomic E-state index is 13.8. The van der Waals surface area contributed by atoms with Gasteiger partial charge in [-0.15, -0.1) is 0 Å². The molecule has 36 heavy (non-hydrogen) atoms. The van der Waals surface area contributed by atoms with Crippen molar-refractivity contribution in [1.82, 2.24) is 9.88 Å². The minimum atomic E-state index is -0.245. The van der Waals surface area contributed by atoms with E-state index < -0.39 is 0 Å². The van der Waals surface area contributed by atoms with E-state index in [1.54, 1.807) is 29.2 Å². The number of anilines is 2. The van der Waals surface area contributed by atoms with Crippen LogP contribution in [-0.2, 0) is 14.3 Å². The first kappa shape index (κ1) is 24.8. The second kappa shape index (κ2) is 10.6. The molecule has 0 atom stereocenters. The van der Waals surface area contributed by atoms with E-state index in [0.717, 1.165) is 55.0 Å². The molecule has 1 aromatic heterocycles. The van der Waals surface area contributed by atoms with Gasteiger partial charge < -0.3 is 4.74 Å². The molecule has 0 aliphatic carbocycles. The minimum Gasteiger partial charge on any atom is -0.379 e. The first-order valence-electron chi connectivity index (χ1n) is 12.1. The molecule has 2 fully saturated rings. The Morgan fingerprint density at radius 1 is 1.14 bits per heavy atom. The van der Waals surface area contributed by atoms with Crippen LogP contribution in [0.2, 0.25) is 5.02 Å². The number of benzene rings is 2. The van der Waals surface area contributed by atoms with Gasteiger partial charge in [-0.3, -0.25) is 29.1 Å². The lowest BCUT2D eigenvalue weighted by Gasteiger charge is -2.28. The molecule has 3 aromatic rings. The highest BCUT2D eigenvalue weighted by Crippen LogP contribution is 2.34. The largest absolute Gasteiger partial charge is 0.379 e. The maximum Gasteiger partial charge on any atom is 0.260 e. The Kier molecular flexibility index (Phi) is 7.34. The van der Waals surface area contributed by atoms with Crippen molar-refractivity contribution in [1.29, 1.82) is 0 Å². The standard InChI is InChI=1S/C26H27ClN4O4S/c1-17-14-19(27)16-21-24(17)28-26(36-21)30(9-3-8-29-10-12-35-13-11-29)25(34)18-4-2-5-20(15-18)31-22(32)6-7-23(31)33/h2,4-5,14-16H,3,6-13H2,1H3. The van der Waals surface area contributed by atoms with E-state index in [9.17, 15) is 14.4 Å². The summed E-state index contributed by atoms with van der Waals surface area (Å²) in [4.78, 5) is 48.3. The first-order chi connectivity index (χ1) is 17.4. The normalized spacial score (nSPS) is 16.8. The van der Waals surface area contributed by atoms with Gasteiger partial charge in [-0.25, -0.2) is 4.98 Å². The van der Waals surface area contributed by atoms with E-state index in [1.165, 1.54) is 16.2 Å². The number of nitrogens with zero attached hydrogens (tertiary/aromatic N) is 4. The Labute approximate surface area is 218 Å². The number of aromatic nitrogens is 1. The second-order valence-corrected chi connectivity index (χ2v) is 10.4. The molecule has 0 radical (unpaired) electrons. The summed E-state index contributed by atoms with van der Waals surface area (Å²) in [5, 5.41) is 1.23. The zero-order valence-electron chi connectivity index (χ0n) is 20.0. The third-order valence-corrected chi connectivity index (χ3v) is 7.72. The number of morpholine rings is 1. The van der Waals surface area contributed by atoms with Crippen molar-refractivity contribution >= 4 is 61.7 Å². The molecule has 0 bridgehead atoms. The summed E-state index contributed by atoms with van der Waals surface area (Å²) in [6.45, 7) is 6.49. The van der Waals surface area contributed by atoms with Gasteiger partial charge in [0.25, 0.3) is 5.91 Å². The topological polar surface area (TPSA) is 83.0 Å². The Hall–Kier alpha value is -2.85. The number of amides is 3. The van der Waals surface area contributed by atoms with E-state index in [4.69, 9.17) is 21.3 Å². The summed E-state index contributed by atoms with van der Waals surface area (Å²) in [5.74, 6) is -0.711. The second-order valence-electron chi connectivity index (χ2n) is 9.00. The summed E-state index contributed by atoms with van der Waals surface area (Å²) in [5.41, 5.74) is 2.61. The number of halogens is 1. The summed E-state index contributed by atoms with van der Waals surface area (Å²) in [6, 6.07) is 10.5. The zero-order chi connectivity index (χ0) is 25.2. The number of thiazole rings is 1. The lowest BCUT2D eigenvalue weighted by molar-refractivity contribution is -0.121. The molecular formula is C26H27ClN4O4S. The molecule has 2 aliphatic rings. The van der Waals surface area contributed by atoms with Crippen molar-refractivity contribution in [3.8, 4) is 0 Å². The molecule has 10 heteroatoms. The van der Waals surface area contributed by atoms with Crippen LogP contribution in [0.4, 0.5) is 10.8 Å². The molecule has 0 saturated carbocycles. The van der Waals surface area contributed by atoms with Crippen molar-refractivity contribution in [2.75, 3.05) is 49.2 Å². The number of hydrogen-bond acceptors (Lipinski definition) is 7. The van der Waals surface area contributed by atoms with Crippen LogP contribution in [0.3, 0.4) is 0 Å². The van der Waals surface area contributed by atoms with Gasteiger partial charge in [-0.2, -0.15) is 0 Å². The fourth-order valence-corrected chi connectivity index (χ4v) is 6.06. The summed E-state index contributed by atoms with van der Waals surface area (Å²) in [7, 11) is 0. The number of hydrogen-bond donors (Lipinski definition) is 0. The highest BCUT2D eigenvalue weighted by atomic mass is 35.5. The SMILES string of the molecule is Cc1cc(Cl)cc2sc(N(CCCN3CCOCC3)C(=O)c3cccc(N4C(=O)CCC4=O)c3)nc12. The van der Waals surface area contributed by atoms with Gasteiger partial charge >= 0.3 is 0 Å². The lowest BCUT2D eigenvalue weighted by atomic mass is 10.1. The first-order valence-corrected chi connectivity index (χ1v) is 13.2. The minimum absolute atomic E-state index is 0.193. The fraction of sp³-hybridized carbons (Fsp3) is 0.385. The lowest BCUT2D eigenvalue weighted by Crippen LogP contribution is -2.39. The van der Waals surface area contributed by atoms with Gasteiger partial charge in [-0.1, -0.05) is 29.0 Å². The number of carbonyl (C=O) groups is 3. The Morgan fingerprint density at radius 3 is 2.64 bits per heavy atom. The number of imide groups is 1. The van der Waals surface area contributed by atoms with Gasteiger partial charge in [0.05, 0.1) is 29.1 Å². The van der Waals surface area contributed by atoms with Gasteiger partial charge in [-0.05, 0) is 49.2 Å². The molecule has 2 aromatic carbocycles. The van der Waals surface area contributed by atoms with Crippen LogP contribution in [0.1, 0.15) is 35.2 Å². The predicted molar refractivity (Wildman–Crippen MR) is 141 cm³/mol. The monoisotopic (exact) mass is 526 g/mol. The molecule has 0 spiro atoms. The molecule has 188 valence electrons. The third kappa shape index (κ3) is 5.15. The number of carbonyl (C=O) groups excluding carboxylic acids is 3. The van der Waals surface area contributed by atoms with E-state index in [2.05, 4.69) is 4.90 Å². The van der Waals surface area contributed by atoms with Crippen molar-refractivity contribution in [3.63, 3.8) is 0 Å². The average Bonchev–Trinajstić information content (AvgIpc) is 3.45. The van der Waals surface area contributed by atoms with Crippen LogP contribution < -0.4 is 9.80 Å². The van der Waals surface area contributed by atoms with Crippen LogP contribution in [-0.4, -0.2) is 67.0 Å². The van der Waals surface area contributed by atoms with Crippen molar-refractivity contribution < 1.29 is 19.1 Å². The highest BCUT2D eigenvalue weighted by Gasteiger charge is 2.31. The fourth-order valence-electron chi connectivity index (χ4n) is 4.62. The van der Waals surface area contributed by atoms with Crippen molar-refractivity contribution in [3.05, 3.63) is 52.5 Å². The third-order valence-electron chi connectivity index (χ3n) is 6.48. The van der Waals surface area contributed by atoms with Gasteiger partial charge in [0.15, 0.2) is 5.13 Å². The zero-order valence-corrected chi connectivity index (χ0v) is 21.6. The van der Waals surface area contributed by atoms with Crippen LogP contribution in [0, 0.1) is 6.92 Å². The number of ether oxygens (including phenoxy) is 1. The summed E-state index contributed by atoms with van der Waals surface area (Å²) < 4.78 is 6.36. The van der Waals surface area contributed by atoms with Crippen LogP contribution in [0.15, 0.2) is 36.4 Å². The van der Waals surface area contributed by atoms with Crippen LogP contribution in [0.5, 0.6) is 0 Å². The van der Waals surface area contributed by atoms with Crippen molar-refractivity contribution in [2.45, 2.75) is 26.2 Å². The van der Waals surface area contributed by atoms with Gasteiger partial charge in [0.1, 0.15) is 0 Å². The van der Waals surface area contributed by atoms with Crippen molar-refractivity contribution in [2.24, 2.45) is 0 Å². The van der Waals surface area contributed by atoms with Crippen LogP contribution in [0.25, 0.3) is 10.2 Å². The number of aryl methyl sites for hydroxylation is 1. The molecule has 3 amide bonds. The molecular weight excluding hydrogens is 500 g/mol.